The highest BCUT2D eigenvalue weighted by Gasteiger charge is 2.22. The van der Waals surface area contributed by atoms with Crippen LogP contribution in [0, 0.1) is 3.57 Å². The Kier molecular flexibility index (Phi) is 6.87. The minimum Gasteiger partial charge on any atom is -0.496 e. The van der Waals surface area contributed by atoms with E-state index in [1.54, 1.807) is 31.4 Å². The molecule has 0 spiro atoms. The van der Waals surface area contributed by atoms with Gasteiger partial charge in [-0.15, -0.1) is 0 Å². The Bertz CT molecular complexity index is 869. The highest BCUT2D eigenvalue weighted by molar-refractivity contribution is 14.1. The lowest BCUT2D eigenvalue weighted by Gasteiger charge is -2.23. The molecule has 0 saturated heterocycles. The summed E-state index contributed by atoms with van der Waals surface area (Å²) in [5.74, 6) is 0.269. The number of nitrogens with zero attached hydrogens (tertiary/aromatic N) is 1. The van der Waals surface area contributed by atoms with Gasteiger partial charge in [-0.2, -0.15) is 0 Å². The fraction of sp³-hybridized carbons (Fsp3) is 0.278. The van der Waals surface area contributed by atoms with Crippen LogP contribution < -0.4 is 14.4 Å². The summed E-state index contributed by atoms with van der Waals surface area (Å²) in [6.45, 7) is 1.53. The summed E-state index contributed by atoms with van der Waals surface area (Å²) in [6, 6.07) is 14.0. The molecule has 2 aromatic rings. The van der Waals surface area contributed by atoms with Crippen molar-refractivity contribution in [1.29, 1.82) is 0 Å². The molecule has 0 aliphatic rings. The molecular weight excluding hydrogens is 467 g/mol. The first-order valence-electron chi connectivity index (χ1n) is 7.88. The number of carbonyl (C=O) groups excluding carboxylic acids is 1. The number of anilines is 1. The Morgan fingerprint density at radius 1 is 1.19 bits per heavy atom. The number of benzene rings is 2. The molecule has 0 radical (unpaired) electrons. The minimum atomic E-state index is -3.59. The Hall–Kier alpha value is -1.81. The maximum absolute atomic E-state index is 12.5. The van der Waals surface area contributed by atoms with Crippen LogP contribution in [0.25, 0.3) is 0 Å². The Morgan fingerprint density at radius 2 is 1.81 bits per heavy atom. The van der Waals surface area contributed by atoms with Gasteiger partial charge in [0.15, 0.2) is 0 Å². The Balaban J connectivity index is 2.16. The smallest absolute Gasteiger partial charge is 0.241 e. The zero-order valence-corrected chi connectivity index (χ0v) is 17.7. The van der Waals surface area contributed by atoms with Gasteiger partial charge in [0, 0.05) is 9.13 Å². The summed E-state index contributed by atoms with van der Waals surface area (Å²) in [6.07, 6.45) is 1.09. The molecule has 0 saturated carbocycles. The van der Waals surface area contributed by atoms with Crippen molar-refractivity contribution < 1.29 is 17.9 Å². The third kappa shape index (κ3) is 5.34. The zero-order chi connectivity index (χ0) is 19.3. The van der Waals surface area contributed by atoms with Crippen molar-refractivity contribution in [2.75, 3.05) is 24.2 Å². The molecule has 0 aliphatic heterocycles. The first-order chi connectivity index (χ1) is 12.2. The van der Waals surface area contributed by atoms with Crippen molar-refractivity contribution in [1.82, 2.24) is 5.32 Å². The van der Waals surface area contributed by atoms with Gasteiger partial charge in [0.1, 0.15) is 12.3 Å². The summed E-state index contributed by atoms with van der Waals surface area (Å²) in [5, 5.41) is 2.83. The van der Waals surface area contributed by atoms with Crippen LogP contribution in [-0.4, -0.2) is 34.2 Å². The molecule has 0 aliphatic carbocycles. The molecule has 2 rings (SSSR count). The predicted molar refractivity (Wildman–Crippen MR) is 111 cm³/mol. The van der Waals surface area contributed by atoms with Crippen LogP contribution in [0.4, 0.5) is 5.69 Å². The number of hydrogen-bond acceptors (Lipinski definition) is 4. The summed E-state index contributed by atoms with van der Waals surface area (Å²) >= 11 is 2.14. The third-order valence-corrected chi connectivity index (χ3v) is 5.64. The van der Waals surface area contributed by atoms with Gasteiger partial charge in [-0.3, -0.25) is 9.10 Å². The standard InChI is InChI=1S/C18H21IN2O4S/c1-13(16-6-4-5-7-17(16)25-2)20-18(22)12-21(26(3,23)24)15-10-8-14(19)9-11-15/h4-11,13H,12H2,1-3H3,(H,20,22)/t13-/m0/s1. The van der Waals surface area contributed by atoms with Gasteiger partial charge in [-0.25, -0.2) is 8.42 Å². The zero-order valence-electron chi connectivity index (χ0n) is 14.8. The SMILES string of the molecule is COc1ccccc1[C@H](C)NC(=O)CN(c1ccc(I)cc1)S(C)(=O)=O. The molecule has 1 atom stereocenters. The first-order valence-corrected chi connectivity index (χ1v) is 10.8. The minimum absolute atomic E-state index is 0.293. The number of para-hydroxylation sites is 1. The lowest BCUT2D eigenvalue weighted by Crippen LogP contribution is -2.41. The number of amides is 1. The number of carbonyl (C=O) groups is 1. The van der Waals surface area contributed by atoms with Gasteiger partial charge in [0.05, 0.1) is 25.1 Å². The largest absolute Gasteiger partial charge is 0.496 e. The van der Waals surface area contributed by atoms with Crippen molar-refractivity contribution in [2.45, 2.75) is 13.0 Å². The number of rotatable bonds is 7. The van der Waals surface area contributed by atoms with Crippen LogP contribution in [0.3, 0.4) is 0 Å². The number of hydrogen-bond donors (Lipinski definition) is 1. The summed E-state index contributed by atoms with van der Waals surface area (Å²) in [5.41, 5.74) is 1.27. The van der Waals surface area contributed by atoms with Crippen molar-refractivity contribution in [3.05, 3.63) is 57.7 Å². The molecular formula is C18H21IN2O4S. The number of nitrogens with one attached hydrogen (secondary N) is 1. The van der Waals surface area contributed by atoms with Crippen LogP contribution in [0.2, 0.25) is 0 Å². The van der Waals surface area contributed by atoms with E-state index in [0.29, 0.717) is 11.4 Å². The highest BCUT2D eigenvalue weighted by Crippen LogP contribution is 2.24. The lowest BCUT2D eigenvalue weighted by molar-refractivity contribution is -0.120. The monoisotopic (exact) mass is 488 g/mol. The third-order valence-electron chi connectivity index (χ3n) is 3.79. The number of ether oxygens (including phenoxy) is 1. The molecule has 2 aromatic carbocycles. The van der Waals surface area contributed by atoms with Gasteiger partial charge < -0.3 is 10.1 Å². The molecule has 0 unspecified atom stereocenters. The van der Waals surface area contributed by atoms with E-state index in [4.69, 9.17) is 4.74 Å². The molecule has 0 fully saturated rings. The Morgan fingerprint density at radius 3 is 2.38 bits per heavy atom. The molecule has 8 heteroatoms. The lowest BCUT2D eigenvalue weighted by atomic mass is 10.1. The second kappa shape index (κ2) is 8.72. The van der Waals surface area contributed by atoms with Gasteiger partial charge in [0.25, 0.3) is 0 Å². The van der Waals surface area contributed by atoms with E-state index in [2.05, 4.69) is 27.9 Å². The average molecular weight is 488 g/mol. The Labute approximate surface area is 167 Å². The topological polar surface area (TPSA) is 75.7 Å². The number of halogens is 1. The highest BCUT2D eigenvalue weighted by atomic mass is 127. The fourth-order valence-electron chi connectivity index (χ4n) is 2.53. The second-order valence-corrected chi connectivity index (χ2v) is 8.93. The molecule has 0 aromatic heterocycles. The van der Waals surface area contributed by atoms with E-state index in [1.807, 2.05) is 31.2 Å². The van der Waals surface area contributed by atoms with Gasteiger partial charge in [0.2, 0.25) is 15.9 Å². The van der Waals surface area contributed by atoms with E-state index in [0.717, 1.165) is 19.7 Å². The quantitative estimate of drug-likeness (QED) is 0.609. The van der Waals surface area contributed by atoms with E-state index < -0.39 is 15.9 Å². The van der Waals surface area contributed by atoms with Crippen LogP contribution in [-0.2, 0) is 14.8 Å². The predicted octanol–water partition coefficient (Wildman–Crippen LogP) is 2.94. The van der Waals surface area contributed by atoms with Crippen molar-refractivity contribution in [2.24, 2.45) is 0 Å². The molecule has 1 amide bonds. The van der Waals surface area contributed by atoms with E-state index in [-0.39, 0.29) is 12.6 Å². The molecule has 0 bridgehead atoms. The molecule has 0 heterocycles. The van der Waals surface area contributed by atoms with Crippen molar-refractivity contribution >= 4 is 44.2 Å². The van der Waals surface area contributed by atoms with Crippen molar-refractivity contribution in [3.8, 4) is 5.75 Å². The molecule has 26 heavy (non-hydrogen) atoms. The number of sulfonamides is 1. The maximum Gasteiger partial charge on any atom is 0.241 e. The molecule has 6 nitrogen and oxygen atoms in total. The maximum atomic E-state index is 12.5. The van der Waals surface area contributed by atoms with Gasteiger partial charge in [-0.05, 0) is 59.8 Å². The normalized spacial score (nSPS) is 12.3. The summed E-state index contributed by atoms with van der Waals surface area (Å²) in [4.78, 5) is 12.5. The van der Waals surface area contributed by atoms with E-state index >= 15 is 0 Å². The van der Waals surface area contributed by atoms with Crippen molar-refractivity contribution in [3.63, 3.8) is 0 Å². The fourth-order valence-corrected chi connectivity index (χ4v) is 3.74. The van der Waals surface area contributed by atoms with Crippen LogP contribution in [0.5, 0.6) is 5.75 Å². The number of methoxy groups -OCH3 is 1. The van der Waals surface area contributed by atoms with E-state index in [9.17, 15) is 13.2 Å². The average Bonchev–Trinajstić information content (AvgIpc) is 2.59. The van der Waals surface area contributed by atoms with Crippen LogP contribution in [0.15, 0.2) is 48.5 Å². The van der Waals surface area contributed by atoms with Gasteiger partial charge >= 0.3 is 0 Å². The summed E-state index contributed by atoms with van der Waals surface area (Å²) in [7, 11) is -2.03. The van der Waals surface area contributed by atoms with Gasteiger partial charge in [-0.1, -0.05) is 18.2 Å². The van der Waals surface area contributed by atoms with Crippen LogP contribution >= 0.6 is 22.6 Å². The first kappa shape index (κ1) is 20.5. The summed E-state index contributed by atoms with van der Waals surface area (Å²) < 4.78 is 31.6. The van der Waals surface area contributed by atoms with Crippen LogP contribution in [0.1, 0.15) is 18.5 Å². The molecule has 1 N–H and O–H groups in total. The second-order valence-electron chi connectivity index (χ2n) is 5.78. The van der Waals surface area contributed by atoms with E-state index in [1.165, 1.54) is 0 Å². The molecule has 140 valence electrons.